The van der Waals surface area contributed by atoms with E-state index in [0.717, 1.165) is 0 Å². The molecule has 1 saturated heterocycles. The minimum absolute atomic E-state index is 0.296. The van der Waals surface area contributed by atoms with Gasteiger partial charge in [0, 0.05) is 23.8 Å². The number of hydrogen-bond donors (Lipinski definition) is 2. The second kappa shape index (κ2) is 6.89. The van der Waals surface area contributed by atoms with Gasteiger partial charge < -0.3 is 20.1 Å². The quantitative estimate of drug-likeness (QED) is 0.866. The fourth-order valence-electron chi connectivity index (χ4n) is 2.60. The first-order chi connectivity index (χ1) is 11.1. The third-order valence-corrected chi connectivity index (χ3v) is 4.16. The first-order valence-corrected chi connectivity index (χ1v) is 8.24. The van der Waals surface area contributed by atoms with E-state index in [1.54, 1.807) is 49.9 Å². The molecule has 0 unspecified atom stereocenters. The lowest BCUT2D eigenvalue weighted by molar-refractivity contribution is -0.144. The Kier molecular flexibility index (Phi) is 5.28. The molecule has 0 saturated carbocycles. The number of hydrogen-bond acceptors (Lipinski definition) is 4. The van der Waals surface area contributed by atoms with Gasteiger partial charge in [-0.05, 0) is 57.9 Å². The summed E-state index contributed by atoms with van der Waals surface area (Å²) in [5, 5.41) is 13.4. The fraction of sp³-hybridized carbons (Fsp3) is 0.529. The number of ether oxygens (including phenoxy) is 1. The number of amides is 1. The molecule has 1 fully saturated rings. The predicted octanol–water partition coefficient (Wildman–Crippen LogP) is 3.61. The van der Waals surface area contributed by atoms with Crippen LogP contribution in [0.2, 0.25) is 5.02 Å². The molecule has 0 spiro atoms. The van der Waals surface area contributed by atoms with Crippen LogP contribution in [-0.2, 0) is 9.53 Å². The van der Waals surface area contributed by atoms with E-state index in [2.05, 4.69) is 5.32 Å². The van der Waals surface area contributed by atoms with E-state index < -0.39 is 23.2 Å². The molecule has 2 rings (SSSR count). The van der Waals surface area contributed by atoms with Gasteiger partial charge in [0.25, 0.3) is 0 Å². The number of carboxylic acids is 1. The van der Waals surface area contributed by atoms with Gasteiger partial charge in [-0.3, -0.25) is 0 Å². The average Bonchev–Trinajstić information content (AvgIpc) is 2.48. The maximum atomic E-state index is 12.1. The largest absolute Gasteiger partial charge is 0.480 e. The molecule has 1 aromatic carbocycles. The monoisotopic (exact) mass is 354 g/mol. The van der Waals surface area contributed by atoms with Gasteiger partial charge in [0.15, 0.2) is 0 Å². The standard InChI is InChI=1S/C17H23ClN2O4/c1-16(2,3)24-15(23)20-10-8-17(9-11-20,14(21)22)19-13-6-4-12(18)5-7-13/h4-7,19H,8-11H2,1-3H3,(H,21,22). The van der Waals surface area contributed by atoms with Gasteiger partial charge in [-0.25, -0.2) is 9.59 Å². The van der Waals surface area contributed by atoms with Crippen LogP contribution in [0.25, 0.3) is 0 Å². The minimum Gasteiger partial charge on any atom is -0.480 e. The van der Waals surface area contributed by atoms with Crippen LogP contribution in [-0.4, -0.2) is 46.3 Å². The predicted molar refractivity (Wildman–Crippen MR) is 92.5 cm³/mol. The van der Waals surface area contributed by atoms with Crippen molar-refractivity contribution < 1.29 is 19.4 Å². The van der Waals surface area contributed by atoms with Gasteiger partial charge in [-0.15, -0.1) is 0 Å². The molecule has 1 amide bonds. The van der Waals surface area contributed by atoms with Crippen molar-refractivity contribution in [3.63, 3.8) is 0 Å². The third-order valence-electron chi connectivity index (χ3n) is 3.91. The highest BCUT2D eigenvalue weighted by molar-refractivity contribution is 6.30. The molecule has 24 heavy (non-hydrogen) atoms. The Morgan fingerprint density at radius 1 is 1.21 bits per heavy atom. The lowest BCUT2D eigenvalue weighted by atomic mass is 9.87. The molecule has 1 aromatic rings. The molecule has 0 atom stereocenters. The summed E-state index contributed by atoms with van der Waals surface area (Å²) >= 11 is 5.86. The van der Waals surface area contributed by atoms with Crippen LogP contribution in [0.5, 0.6) is 0 Å². The van der Waals surface area contributed by atoms with E-state index in [9.17, 15) is 14.7 Å². The zero-order chi connectivity index (χ0) is 18.0. The van der Waals surface area contributed by atoms with Crippen LogP contribution >= 0.6 is 11.6 Å². The highest BCUT2D eigenvalue weighted by atomic mass is 35.5. The molecule has 6 nitrogen and oxygen atoms in total. The summed E-state index contributed by atoms with van der Waals surface area (Å²) in [5.41, 5.74) is -0.987. The summed E-state index contributed by atoms with van der Waals surface area (Å²) in [7, 11) is 0. The number of aliphatic carboxylic acids is 1. The van der Waals surface area contributed by atoms with Crippen LogP contribution in [0.1, 0.15) is 33.6 Å². The number of halogens is 1. The van der Waals surface area contributed by atoms with Gasteiger partial charge in [0.1, 0.15) is 11.1 Å². The Hall–Kier alpha value is -1.95. The molecular formula is C17H23ClN2O4. The molecule has 2 N–H and O–H groups in total. The van der Waals surface area contributed by atoms with Crippen molar-refractivity contribution >= 4 is 29.4 Å². The van der Waals surface area contributed by atoms with Gasteiger partial charge in [0.2, 0.25) is 0 Å². The van der Waals surface area contributed by atoms with Crippen molar-refractivity contribution in [3.05, 3.63) is 29.3 Å². The number of rotatable bonds is 3. The molecule has 7 heteroatoms. The van der Waals surface area contributed by atoms with E-state index in [0.29, 0.717) is 36.6 Å². The van der Waals surface area contributed by atoms with Crippen molar-refractivity contribution in [2.45, 2.75) is 44.8 Å². The number of piperidine rings is 1. The van der Waals surface area contributed by atoms with Crippen LogP contribution in [0, 0.1) is 0 Å². The van der Waals surface area contributed by atoms with E-state index in [4.69, 9.17) is 16.3 Å². The molecule has 132 valence electrons. The number of carbonyl (C=O) groups is 2. The highest BCUT2D eigenvalue weighted by Crippen LogP contribution is 2.29. The first-order valence-electron chi connectivity index (χ1n) is 7.86. The Morgan fingerprint density at radius 2 is 1.75 bits per heavy atom. The molecule has 0 bridgehead atoms. The van der Waals surface area contributed by atoms with Gasteiger partial charge in [-0.2, -0.15) is 0 Å². The van der Waals surface area contributed by atoms with Crippen molar-refractivity contribution in [3.8, 4) is 0 Å². The molecule has 1 heterocycles. The minimum atomic E-state index is -1.10. The fourth-order valence-corrected chi connectivity index (χ4v) is 2.73. The number of nitrogens with one attached hydrogen (secondary N) is 1. The highest BCUT2D eigenvalue weighted by Gasteiger charge is 2.43. The Balaban J connectivity index is 2.05. The van der Waals surface area contributed by atoms with Crippen molar-refractivity contribution in [1.82, 2.24) is 4.90 Å². The summed E-state index contributed by atoms with van der Waals surface area (Å²) in [6, 6.07) is 6.89. The van der Waals surface area contributed by atoms with Gasteiger partial charge in [0.05, 0.1) is 0 Å². The van der Waals surface area contributed by atoms with Crippen molar-refractivity contribution in [2.75, 3.05) is 18.4 Å². The van der Waals surface area contributed by atoms with E-state index in [1.807, 2.05) is 0 Å². The van der Waals surface area contributed by atoms with Gasteiger partial charge in [-0.1, -0.05) is 11.6 Å². The number of carboxylic acid groups (broad SMARTS) is 1. The second-order valence-electron chi connectivity index (χ2n) is 6.99. The maximum absolute atomic E-state index is 12.1. The SMILES string of the molecule is CC(C)(C)OC(=O)N1CCC(Nc2ccc(Cl)cc2)(C(=O)O)CC1. The zero-order valence-electron chi connectivity index (χ0n) is 14.1. The summed E-state index contributed by atoms with van der Waals surface area (Å²) < 4.78 is 5.34. The molecule has 0 aliphatic carbocycles. The lowest BCUT2D eigenvalue weighted by Gasteiger charge is -2.40. The molecule has 0 aromatic heterocycles. The molecule has 1 aliphatic heterocycles. The van der Waals surface area contributed by atoms with E-state index in [1.165, 1.54) is 0 Å². The number of anilines is 1. The first kappa shape index (κ1) is 18.4. The van der Waals surface area contributed by atoms with E-state index >= 15 is 0 Å². The smallest absolute Gasteiger partial charge is 0.410 e. The number of likely N-dealkylation sites (tertiary alicyclic amines) is 1. The second-order valence-corrected chi connectivity index (χ2v) is 7.42. The van der Waals surface area contributed by atoms with Crippen molar-refractivity contribution in [2.24, 2.45) is 0 Å². The van der Waals surface area contributed by atoms with Crippen molar-refractivity contribution in [1.29, 1.82) is 0 Å². The number of carbonyl (C=O) groups excluding carboxylic acids is 1. The molecule has 1 aliphatic rings. The third kappa shape index (κ3) is 4.54. The van der Waals surface area contributed by atoms with Crippen LogP contribution in [0.4, 0.5) is 10.5 Å². The molecular weight excluding hydrogens is 332 g/mol. The summed E-state index contributed by atoms with van der Waals surface area (Å²) in [4.78, 5) is 25.5. The lowest BCUT2D eigenvalue weighted by Crippen LogP contribution is -2.55. The van der Waals surface area contributed by atoms with Crippen LogP contribution in [0.3, 0.4) is 0 Å². The summed E-state index contributed by atoms with van der Waals surface area (Å²) in [5.74, 6) is -0.929. The normalized spacial score (nSPS) is 17.2. The Morgan fingerprint density at radius 3 is 2.21 bits per heavy atom. The van der Waals surface area contributed by atoms with Crippen LogP contribution in [0.15, 0.2) is 24.3 Å². The Labute approximate surface area is 146 Å². The van der Waals surface area contributed by atoms with Crippen LogP contribution < -0.4 is 5.32 Å². The summed E-state index contributed by atoms with van der Waals surface area (Å²) in [6.07, 6.45) is 0.182. The average molecular weight is 355 g/mol. The topological polar surface area (TPSA) is 78.9 Å². The number of nitrogens with zero attached hydrogens (tertiary/aromatic N) is 1. The van der Waals surface area contributed by atoms with Gasteiger partial charge >= 0.3 is 12.1 Å². The summed E-state index contributed by atoms with van der Waals surface area (Å²) in [6.45, 7) is 6.05. The molecule has 0 radical (unpaired) electrons. The zero-order valence-corrected chi connectivity index (χ0v) is 14.9. The maximum Gasteiger partial charge on any atom is 0.410 e. The Bertz CT molecular complexity index is 602. The van der Waals surface area contributed by atoms with E-state index in [-0.39, 0.29) is 0 Å². The number of benzene rings is 1.